The van der Waals surface area contributed by atoms with Gasteiger partial charge >= 0.3 is 0 Å². The Kier molecular flexibility index (Phi) is 3.67. The number of hydrogen-bond donors (Lipinski definition) is 2. The Morgan fingerprint density at radius 2 is 2.13 bits per heavy atom. The Balaban J connectivity index is 1.60. The largest absolute Gasteiger partial charge is 0.367 e. The van der Waals surface area contributed by atoms with Crippen LogP contribution in [0.5, 0.6) is 0 Å². The Hall–Kier alpha value is -2.47. The minimum atomic E-state index is 0.131. The highest BCUT2D eigenvalue weighted by molar-refractivity contribution is 7.21. The zero-order chi connectivity index (χ0) is 15.6. The third-order valence-corrected chi connectivity index (χ3v) is 5.08. The minimum absolute atomic E-state index is 0.131. The fourth-order valence-corrected chi connectivity index (χ4v) is 3.80. The summed E-state index contributed by atoms with van der Waals surface area (Å²) in [6.07, 6.45) is 3.07. The van der Waals surface area contributed by atoms with E-state index < -0.39 is 0 Å². The van der Waals surface area contributed by atoms with E-state index >= 15 is 0 Å². The van der Waals surface area contributed by atoms with Crippen molar-refractivity contribution in [1.82, 2.24) is 15.3 Å². The number of nitrogens with one attached hydrogen (secondary N) is 2. The maximum Gasteiger partial charge on any atom is 0.220 e. The van der Waals surface area contributed by atoms with Gasteiger partial charge in [0.2, 0.25) is 5.91 Å². The Bertz CT molecular complexity index is 846. The maximum atomic E-state index is 11.3. The predicted octanol–water partition coefficient (Wildman–Crippen LogP) is 3.05. The third-order valence-electron chi connectivity index (χ3n) is 3.99. The van der Waals surface area contributed by atoms with E-state index in [0.717, 1.165) is 22.5 Å². The summed E-state index contributed by atoms with van der Waals surface area (Å²) in [7, 11) is 0. The van der Waals surface area contributed by atoms with Gasteiger partial charge in [0.05, 0.1) is 5.39 Å². The standard InChI is InChI=1S/C17H16N4OS/c22-15-7-6-12(21-15)9-18-16-13-8-14(11-4-2-1-3-5-11)23-17(13)20-10-19-16/h1-5,8,10,12H,6-7,9H2,(H,21,22)(H,18,19,20)/t12-/m0/s1. The van der Waals surface area contributed by atoms with E-state index in [0.29, 0.717) is 13.0 Å². The van der Waals surface area contributed by atoms with Crippen molar-refractivity contribution < 1.29 is 4.79 Å². The molecule has 23 heavy (non-hydrogen) atoms. The first-order chi connectivity index (χ1) is 11.3. The van der Waals surface area contributed by atoms with Crippen molar-refractivity contribution in [2.75, 3.05) is 11.9 Å². The number of fused-ring (bicyclic) bond motifs is 1. The van der Waals surface area contributed by atoms with Gasteiger partial charge in [0.1, 0.15) is 17.0 Å². The number of rotatable bonds is 4. The van der Waals surface area contributed by atoms with E-state index in [1.54, 1.807) is 17.7 Å². The molecule has 1 amide bonds. The Morgan fingerprint density at radius 3 is 2.91 bits per heavy atom. The van der Waals surface area contributed by atoms with E-state index in [2.05, 4.69) is 38.8 Å². The summed E-state index contributed by atoms with van der Waals surface area (Å²) in [5.41, 5.74) is 1.18. The van der Waals surface area contributed by atoms with Crippen molar-refractivity contribution >= 4 is 33.3 Å². The van der Waals surface area contributed by atoms with Crippen molar-refractivity contribution in [3.8, 4) is 10.4 Å². The fourth-order valence-electron chi connectivity index (χ4n) is 2.79. The molecule has 1 aliphatic heterocycles. The van der Waals surface area contributed by atoms with Crippen LogP contribution in [0.1, 0.15) is 12.8 Å². The number of nitrogens with zero attached hydrogens (tertiary/aromatic N) is 2. The number of carbonyl (C=O) groups excluding carboxylic acids is 1. The van der Waals surface area contributed by atoms with Crippen molar-refractivity contribution in [3.63, 3.8) is 0 Å². The van der Waals surface area contributed by atoms with Gasteiger partial charge in [-0.15, -0.1) is 11.3 Å². The molecule has 1 atom stereocenters. The maximum absolute atomic E-state index is 11.3. The van der Waals surface area contributed by atoms with Gasteiger partial charge in [-0.1, -0.05) is 30.3 Å². The van der Waals surface area contributed by atoms with Crippen LogP contribution in [0.15, 0.2) is 42.7 Å². The van der Waals surface area contributed by atoms with Crippen molar-refractivity contribution in [3.05, 3.63) is 42.7 Å². The molecule has 2 N–H and O–H groups in total. The molecule has 4 rings (SSSR count). The molecule has 1 aliphatic rings. The van der Waals surface area contributed by atoms with Gasteiger partial charge in [-0.05, 0) is 18.1 Å². The second-order valence-corrected chi connectivity index (χ2v) is 6.63. The van der Waals surface area contributed by atoms with Crippen LogP contribution < -0.4 is 10.6 Å². The molecule has 116 valence electrons. The van der Waals surface area contributed by atoms with Gasteiger partial charge < -0.3 is 10.6 Å². The lowest BCUT2D eigenvalue weighted by atomic mass is 10.2. The third kappa shape index (κ3) is 2.90. The predicted molar refractivity (Wildman–Crippen MR) is 92.5 cm³/mol. The highest BCUT2D eigenvalue weighted by Crippen LogP contribution is 2.34. The number of benzene rings is 1. The normalized spacial score (nSPS) is 17.4. The van der Waals surface area contributed by atoms with Crippen molar-refractivity contribution in [2.45, 2.75) is 18.9 Å². The van der Waals surface area contributed by atoms with Gasteiger partial charge in [0.15, 0.2) is 0 Å². The topological polar surface area (TPSA) is 66.9 Å². The van der Waals surface area contributed by atoms with Crippen LogP contribution in [0.2, 0.25) is 0 Å². The van der Waals surface area contributed by atoms with Crippen LogP contribution in [0.25, 0.3) is 20.7 Å². The summed E-state index contributed by atoms with van der Waals surface area (Å²) >= 11 is 1.66. The average Bonchev–Trinajstić information content (AvgIpc) is 3.20. The zero-order valence-corrected chi connectivity index (χ0v) is 13.3. The summed E-state index contributed by atoms with van der Waals surface area (Å²) in [5, 5.41) is 7.35. The Morgan fingerprint density at radius 1 is 1.26 bits per heavy atom. The summed E-state index contributed by atoms with van der Waals surface area (Å²) in [5.74, 6) is 0.959. The second kappa shape index (κ2) is 5.96. The quantitative estimate of drug-likeness (QED) is 0.774. The molecule has 0 aliphatic carbocycles. The van der Waals surface area contributed by atoms with Crippen molar-refractivity contribution in [1.29, 1.82) is 0 Å². The minimum Gasteiger partial charge on any atom is -0.367 e. The first kappa shape index (κ1) is 14.1. The molecule has 0 saturated carbocycles. The highest BCUT2D eigenvalue weighted by atomic mass is 32.1. The van der Waals surface area contributed by atoms with Gasteiger partial charge in [-0.2, -0.15) is 0 Å². The summed E-state index contributed by atoms with van der Waals surface area (Å²) < 4.78 is 0. The highest BCUT2D eigenvalue weighted by Gasteiger charge is 2.20. The zero-order valence-electron chi connectivity index (χ0n) is 12.5. The number of thiophene rings is 1. The molecule has 6 heteroatoms. The van der Waals surface area contributed by atoms with E-state index in [4.69, 9.17) is 0 Å². The molecule has 2 aromatic heterocycles. The SMILES string of the molecule is O=C1CC[C@@H](CNc2ncnc3sc(-c4ccccc4)cc23)N1. The number of carbonyl (C=O) groups is 1. The molecule has 0 spiro atoms. The van der Waals surface area contributed by atoms with Crippen LogP contribution >= 0.6 is 11.3 Å². The molecular weight excluding hydrogens is 308 g/mol. The monoisotopic (exact) mass is 324 g/mol. The first-order valence-corrected chi connectivity index (χ1v) is 8.44. The van der Waals surface area contributed by atoms with Crippen LogP contribution in [0, 0.1) is 0 Å². The van der Waals surface area contributed by atoms with Crippen LogP contribution in [-0.2, 0) is 4.79 Å². The fraction of sp³-hybridized carbons (Fsp3) is 0.235. The van der Waals surface area contributed by atoms with E-state index in [1.807, 2.05) is 18.2 Å². The van der Waals surface area contributed by atoms with Crippen LogP contribution in [0.3, 0.4) is 0 Å². The number of hydrogen-bond acceptors (Lipinski definition) is 5. The van der Waals surface area contributed by atoms with Crippen LogP contribution in [0.4, 0.5) is 5.82 Å². The summed E-state index contributed by atoms with van der Waals surface area (Å²) in [6.45, 7) is 0.689. The van der Waals surface area contributed by atoms with E-state index in [1.165, 1.54) is 10.4 Å². The molecule has 0 radical (unpaired) electrons. The van der Waals surface area contributed by atoms with E-state index in [9.17, 15) is 4.79 Å². The lowest BCUT2D eigenvalue weighted by molar-refractivity contribution is -0.119. The molecule has 3 heterocycles. The van der Waals surface area contributed by atoms with Gasteiger partial charge in [-0.3, -0.25) is 4.79 Å². The van der Waals surface area contributed by atoms with Gasteiger partial charge in [0.25, 0.3) is 0 Å². The molecule has 0 bridgehead atoms. The average molecular weight is 324 g/mol. The van der Waals surface area contributed by atoms with E-state index in [-0.39, 0.29) is 11.9 Å². The smallest absolute Gasteiger partial charge is 0.220 e. The summed E-state index contributed by atoms with van der Waals surface area (Å²) in [4.78, 5) is 22.2. The molecule has 1 fully saturated rings. The summed E-state index contributed by atoms with van der Waals surface area (Å²) in [6, 6.07) is 12.6. The first-order valence-electron chi connectivity index (χ1n) is 7.63. The molecule has 5 nitrogen and oxygen atoms in total. The molecule has 1 aromatic carbocycles. The van der Waals surface area contributed by atoms with Gasteiger partial charge in [0, 0.05) is 23.9 Å². The van der Waals surface area contributed by atoms with Crippen LogP contribution in [-0.4, -0.2) is 28.5 Å². The molecule has 0 unspecified atom stereocenters. The Labute approximate surface area is 137 Å². The number of aromatic nitrogens is 2. The molecule has 1 saturated heterocycles. The number of amides is 1. The molecular formula is C17H16N4OS. The lowest BCUT2D eigenvalue weighted by Crippen LogP contribution is -2.32. The second-order valence-electron chi connectivity index (χ2n) is 5.60. The number of anilines is 1. The van der Waals surface area contributed by atoms with Gasteiger partial charge in [-0.25, -0.2) is 9.97 Å². The lowest BCUT2D eigenvalue weighted by Gasteiger charge is -2.11. The van der Waals surface area contributed by atoms with Crippen molar-refractivity contribution in [2.24, 2.45) is 0 Å². The molecule has 3 aromatic rings.